The highest BCUT2D eigenvalue weighted by molar-refractivity contribution is 7.89. The van der Waals surface area contributed by atoms with E-state index in [1.165, 1.54) is 18.2 Å². The van der Waals surface area contributed by atoms with Crippen molar-refractivity contribution in [3.63, 3.8) is 0 Å². The van der Waals surface area contributed by atoms with Crippen LogP contribution in [0.25, 0.3) is 0 Å². The van der Waals surface area contributed by atoms with Crippen molar-refractivity contribution in [3.8, 4) is 11.5 Å². The summed E-state index contributed by atoms with van der Waals surface area (Å²) in [5.41, 5.74) is 1.26. The van der Waals surface area contributed by atoms with Crippen LogP contribution in [-0.4, -0.2) is 51.5 Å². The number of halogens is 4. The third-order valence-corrected chi connectivity index (χ3v) is 6.94. The summed E-state index contributed by atoms with van der Waals surface area (Å²) in [5, 5.41) is 0. The van der Waals surface area contributed by atoms with Crippen molar-refractivity contribution in [1.29, 1.82) is 0 Å². The number of alkyl halides is 3. The molecular weight excluding hydrogens is 516 g/mol. The smallest absolute Gasteiger partial charge is 0.493 e. The van der Waals surface area contributed by atoms with Gasteiger partial charge in [-0.3, -0.25) is 9.69 Å². The molecule has 2 aromatic carbocycles. The lowest BCUT2D eigenvalue weighted by Gasteiger charge is -2.32. The Morgan fingerprint density at radius 2 is 1.73 bits per heavy atom. The zero-order chi connectivity index (χ0) is 26.8. The van der Waals surface area contributed by atoms with Crippen molar-refractivity contribution >= 4 is 15.9 Å². The fourth-order valence-electron chi connectivity index (χ4n) is 4.38. The summed E-state index contributed by atoms with van der Waals surface area (Å²) >= 11 is 0. The number of rotatable bonds is 9. The molecule has 1 N–H and O–H groups in total. The van der Waals surface area contributed by atoms with Gasteiger partial charge in [-0.2, -0.15) is 0 Å². The molecule has 7 nitrogen and oxygen atoms in total. The number of nitrogens with one attached hydrogen (secondary N) is 1. The maximum Gasteiger partial charge on any atom is 0.573 e. The summed E-state index contributed by atoms with van der Waals surface area (Å²) in [4.78, 5) is 14.4. The normalized spacial score (nSPS) is 17.4. The maximum absolute atomic E-state index is 14.7. The molecule has 1 amide bonds. The Kier molecular flexibility index (Phi) is 7.98. The van der Waals surface area contributed by atoms with Gasteiger partial charge in [-0.05, 0) is 79.9 Å². The number of hydrogen-bond acceptors (Lipinski definition) is 6. The number of likely N-dealkylation sites (tertiary alicyclic amines) is 1. The van der Waals surface area contributed by atoms with E-state index in [0.29, 0.717) is 24.5 Å². The van der Waals surface area contributed by atoms with E-state index in [1.807, 2.05) is 0 Å². The van der Waals surface area contributed by atoms with E-state index < -0.39 is 28.1 Å². The number of benzene rings is 2. The first-order valence-electron chi connectivity index (χ1n) is 11.9. The predicted octanol–water partition coefficient (Wildman–Crippen LogP) is 4.58. The molecule has 1 saturated carbocycles. The Balaban J connectivity index is 1.30. The van der Waals surface area contributed by atoms with Crippen LogP contribution in [-0.2, 0) is 16.6 Å². The van der Waals surface area contributed by atoms with Crippen LogP contribution >= 0.6 is 0 Å². The third kappa shape index (κ3) is 8.06. The van der Waals surface area contributed by atoms with Crippen LogP contribution in [0.15, 0.2) is 36.4 Å². The summed E-state index contributed by atoms with van der Waals surface area (Å²) < 4.78 is 86.0. The Morgan fingerprint density at radius 1 is 1.08 bits per heavy atom. The standard InChI is InChI=1S/C25H28F4N2O5S/c1-37(33,34)30-24(32)21-12-20(18-4-5-18)23(13-22(21)26)35-15-17-8-10-31(11-9-17)14-16-2-6-19(7-3-16)36-25(27,28)29/h2-3,6-7,12-13,17-18H,4-5,8-11,14-15H2,1H3,(H,30,32). The van der Waals surface area contributed by atoms with E-state index in [9.17, 15) is 30.8 Å². The van der Waals surface area contributed by atoms with E-state index in [2.05, 4.69) is 9.64 Å². The SMILES string of the molecule is CS(=O)(=O)NC(=O)c1cc(C2CC2)c(OCC2CCN(Cc3ccc(OC(F)(F)F)cc3)CC2)cc1F. The minimum Gasteiger partial charge on any atom is -0.493 e. The molecule has 0 spiro atoms. The molecular formula is C25H28F4N2O5S. The molecule has 0 bridgehead atoms. The van der Waals surface area contributed by atoms with Crippen molar-refractivity contribution < 1.29 is 40.2 Å². The van der Waals surface area contributed by atoms with Gasteiger partial charge < -0.3 is 9.47 Å². The number of sulfonamides is 1. The van der Waals surface area contributed by atoms with E-state index in [1.54, 1.807) is 16.9 Å². The lowest BCUT2D eigenvalue weighted by Crippen LogP contribution is -2.35. The molecule has 2 aromatic rings. The van der Waals surface area contributed by atoms with Crippen molar-refractivity contribution in [1.82, 2.24) is 9.62 Å². The van der Waals surface area contributed by atoms with E-state index in [-0.39, 0.29) is 23.1 Å². The third-order valence-electron chi connectivity index (χ3n) is 6.38. The monoisotopic (exact) mass is 544 g/mol. The number of nitrogens with zero attached hydrogens (tertiary/aromatic N) is 1. The van der Waals surface area contributed by atoms with Gasteiger partial charge >= 0.3 is 6.36 Å². The summed E-state index contributed by atoms with van der Waals surface area (Å²) in [6, 6.07) is 8.38. The van der Waals surface area contributed by atoms with Crippen LogP contribution in [0.1, 0.15) is 53.1 Å². The predicted molar refractivity (Wildman–Crippen MR) is 127 cm³/mol. The fourth-order valence-corrected chi connectivity index (χ4v) is 4.83. The average molecular weight is 545 g/mol. The maximum atomic E-state index is 14.7. The van der Waals surface area contributed by atoms with E-state index in [4.69, 9.17) is 4.74 Å². The Labute approximate surface area is 212 Å². The molecule has 1 aliphatic carbocycles. The first-order chi connectivity index (χ1) is 17.4. The van der Waals surface area contributed by atoms with Gasteiger partial charge in [0.25, 0.3) is 5.91 Å². The molecule has 0 aromatic heterocycles. The summed E-state index contributed by atoms with van der Waals surface area (Å²) in [6.45, 7) is 2.55. The molecule has 0 unspecified atom stereocenters. The van der Waals surface area contributed by atoms with Crippen molar-refractivity contribution in [2.24, 2.45) is 5.92 Å². The van der Waals surface area contributed by atoms with Gasteiger partial charge in [0.2, 0.25) is 10.0 Å². The Morgan fingerprint density at radius 3 is 2.30 bits per heavy atom. The van der Waals surface area contributed by atoms with E-state index in [0.717, 1.165) is 56.7 Å². The van der Waals surface area contributed by atoms with Gasteiger partial charge in [-0.1, -0.05) is 12.1 Å². The summed E-state index contributed by atoms with van der Waals surface area (Å²) in [7, 11) is -3.82. The van der Waals surface area contributed by atoms with Gasteiger partial charge in [0.05, 0.1) is 18.4 Å². The number of amides is 1. The van der Waals surface area contributed by atoms with Gasteiger partial charge in [-0.15, -0.1) is 13.2 Å². The molecule has 2 fully saturated rings. The fraction of sp³-hybridized carbons (Fsp3) is 0.480. The molecule has 202 valence electrons. The van der Waals surface area contributed by atoms with Crippen LogP contribution in [0.3, 0.4) is 0 Å². The molecule has 4 rings (SSSR count). The second-order valence-corrected chi connectivity index (χ2v) is 11.3. The molecule has 12 heteroatoms. The van der Waals surface area contributed by atoms with Crippen LogP contribution in [0.5, 0.6) is 11.5 Å². The molecule has 1 saturated heterocycles. The van der Waals surface area contributed by atoms with Gasteiger partial charge in [0.1, 0.15) is 17.3 Å². The number of hydrogen-bond donors (Lipinski definition) is 1. The number of carbonyl (C=O) groups is 1. The topological polar surface area (TPSA) is 84.9 Å². The first kappa shape index (κ1) is 27.2. The number of carbonyl (C=O) groups excluding carboxylic acids is 1. The van der Waals surface area contributed by atoms with Gasteiger partial charge in [0, 0.05) is 12.6 Å². The molecule has 1 aliphatic heterocycles. The van der Waals surface area contributed by atoms with Gasteiger partial charge in [0.15, 0.2) is 0 Å². The van der Waals surface area contributed by atoms with Crippen molar-refractivity contribution in [2.45, 2.75) is 44.5 Å². The molecule has 2 aliphatic rings. The van der Waals surface area contributed by atoms with Crippen LogP contribution in [0, 0.1) is 11.7 Å². The van der Waals surface area contributed by atoms with Crippen LogP contribution < -0.4 is 14.2 Å². The van der Waals surface area contributed by atoms with Gasteiger partial charge in [-0.25, -0.2) is 17.5 Å². The average Bonchev–Trinajstić information content (AvgIpc) is 3.63. The molecule has 37 heavy (non-hydrogen) atoms. The van der Waals surface area contributed by atoms with Crippen LogP contribution in [0.4, 0.5) is 17.6 Å². The lowest BCUT2D eigenvalue weighted by molar-refractivity contribution is -0.274. The lowest BCUT2D eigenvalue weighted by atomic mass is 9.97. The molecule has 0 atom stereocenters. The largest absolute Gasteiger partial charge is 0.573 e. The summed E-state index contributed by atoms with van der Waals surface area (Å²) in [6.07, 6.45) is -0.438. The minimum absolute atomic E-state index is 0.148. The van der Waals surface area contributed by atoms with E-state index >= 15 is 0 Å². The van der Waals surface area contributed by atoms with Crippen LogP contribution in [0.2, 0.25) is 0 Å². The van der Waals surface area contributed by atoms with Crippen molar-refractivity contribution in [2.75, 3.05) is 26.0 Å². The number of ether oxygens (including phenoxy) is 2. The highest BCUT2D eigenvalue weighted by Crippen LogP contribution is 2.45. The second kappa shape index (κ2) is 10.9. The highest BCUT2D eigenvalue weighted by atomic mass is 32.2. The second-order valence-electron chi connectivity index (χ2n) is 9.57. The number of piperidine rings is 1. The first-order valence-corrected chi connectivity index (χ1v) is 13.8. The Bertz CT molecular complexity index is 1220. The molecule has 1 heterocycles. The molecule has 0 radical (unpaired) electrons. The van der Waals surface area contributed by atoms with Crippen molar-refractivity contribution in [3.05, 3.63) is 58.9 Å². The highest BCUT2D eigenvalue weighted by Gasteiger charge is 2.32. The zero-order valence-electron chi connectivity index (χ0n) is 20.2. The zero-order valence-corrected chi connectivity index (χ0v) is 21.0. The quantitative estimate of drug-likeness (QED) is 0.466. The summed E-state index contributed by atoms with van der Waals surface area (Å²) in [5.74, 6) is -1.35. The Hall–Kier alpha value is -2.86. The minimum atomic E-state index is -4.72.